The van der Waals surface area contributed by atoms with Gasteiger partial charge in [-0.25, -0.2) is 4.79 Å². The smallest absolute Gasteiger partial charge is 0.307 e. The van der Waals surface area contributed by atoms with Gasteiger partial charge < -0.3 is 10.2 Å². The summed E-state index contributed by atoms with van der Waals surface area (Å²) in [5.41, 5.74) is 0.779. The summed E-state index contributed by atoms with van der Waals surface area (Å²) in [6, 6.07) is 15.2. The Morgan fingerprint density at radius 3 is 2.83 bits per heavy atom. The van der Waals surface area contributed by atoms with Crippen LogP contribution in [0.25, 0.3) is 10.8 Å². The van der Waals surface area contributed by atoms with Crippen LogP contribution in [-0.2, 0) is 0 Å². The fraction of sp³-hybridized carbons (Fsp3) is 0.143. The highest BCUT2D eigenvalue weighted by atomic mass is 16.2. The molecule has 1 aliphatic rings. The number of carbonyl (C=O) groups excluding carboxylic acids is 1. The van der Waals surface area contributed by atoms with Gasteiger partial charge in [-0.2, -0.15) is 5.26 Å². The molecule has 0 aliphatic carbocycles. The number of fused-ring (bicyclic) bond motifs is 1. The number of carbonyl (C=O) groups is 1. The molecule has 2 aromatic rings. The second-order valence-corrected chi connectivity index (χ2v) is 4.25. The number of benzene rings is 2. The standard InChI is InChI=1S/C14H11N3O/c15-8-11-9-17(11)14(18)16-13-7-3-5-10-4-1-2-6-12(10)13/h1-7,11H,9H2,(H,16,18)/t11-,17?/m1/s1. The van der Waals surface area contributed by atoms with Gasteiger partial charge in [0.15, 0.2) is 0 Å². The van der Waals surface area contributed by atoms with Crippen LogP contribution in [0.2, 0.25) is 0 Å². The molecule has 4 heteroatoms. The Hall–Kier alpha value is -2.54. The van der Waals surface area contributed by atoms with E-state index in [9.17, 15) is 4.79 Å². The summed E-state index contributed by atoms with van der Waals surface area (Å²) in [4.78, 5) is 13.4. The van der Waals surface area contributed by atoms with Crippen molar-refractivity contribution >= 4 is 22.5 Å². The van der Waals surface area contributed by atoms with E-state index >= 15 is 0 Å². The van der Waals surface area contributed by atoms with Crippen LogP contribution in [0.15, 0.2) is 42.5 Å². The van der Waals surface area contributed by atoms with E-state index in [1.54, 1.807) is 0 Å². The Labute approximate surface area is 104 Å². The van der Waals surface area contributed by atoms with Gasteiger partial charge in [0, 0.05) is 5.39 Å². The average Bonchev–Trinajstić information content (AvgIpc) is 3.19. The van der Waals surface area contributed by atoms with E-state index in [1.165, 1.54) is 4.90 Å². The van der Waals surface area contributed by atoms with Crippen molar-refractivity contribution in [3.63, 3.8) is 0 Å². The van der Waals surface area contributed by atoms with Crippen molar-refractivity contribution in [3.05, 3.63) is 42.5 Å². The van der Waals surface area contributed by atoms with E-state index in [-0.39, 0.29) is 12.1 Å². The first-order valence-corrected chi connectivity index (χ1v) is 5.74. The number of anilines is 1. The molecular weight excluding hydrogens is 226 g/mol. The minimum atomic E-state index is -0.264. The number of amides is 2. The van der Waals surface area contributed by atoms with Gasteiger partial charge in [-0.1, -0.05) is 36.4 Å². The first-order chi connectivity index (χ1) is 8.79. The predicted molar refractivity (Wildman–Crippen MR) is 69.1 cm³/mol. The summed E-state index contributed by atoms with van der Waals surface area (Å²) in [5, 5.41) is 13.6. The van der Waals surface area contributed by atoms with Crippen LogP contribution < -0.4 is 5.32 Å². The molecule has 0 radical (unpaired) electrons. The summed E-state index contributed by atoms with van der Waals surface area (Å²) in [5.74, 6) is 0. The zero-order valence-corrected chi connectivity index (χ0v) is 9.63. The quantitative estimate of drug-likeness (QED) is 0.775. The normalized spacial score (nSPS) is 17.3. The summed E-state index contributed by atoms with van der Waals surface area (Å²) in [7, 11) is 0. The fourth-order valence-electron chi connectivity index (χ4n) is 2.00. The van der Waals surface area contributed by atoms with Crippen molar-refractivity contribution in [2.24, 2.45) is 0 Å². The molecule has 0 bridgehead atoms. The summed E-state index contributed by atoms with van der Waals surface area (Å²) in [6.45, 7) is 0.521. The van der Waals surface area contributed by atoms with Crippen LogP contribution in [0, 0.1) is 11.3 Å². The minimum Gasteiger partial charge on any atom is -0.307 e. The van der Waals surface area contributed by atoms with Crippen molar-refractivity contribution < 1.29 is 4.79 Å². The third-order valence-corrected chi connectivity index (χ3v) is 3.05. The molecule has 0 saturated carbocycles. The molecule has 1 saturated heterocycles. The van der Waals surface area contributed by atoms with Crippen molar-refractivity contribution in [2.45, 2.75) is 6.04 Å². The fourth-order valence-corrected chi connectivity index (χ4v) is 2.00. The van der Waals surface area contributed by atoms with Crippen LogP contribution in [0.5, 0.6) is 0 Å². The molecule has 0 unspecified atom stereocenters. The van der Waals surface area contributed by atoms with Crippen LogP contribution in [0.4, 0.5) is 10.5 Å². The molecule has 2 amide bonds. The number of rotatable bonds is 1. The monoisotopic (exact) mass is 237 g/mol. The molecule has 88 valence electrons. The highest BCUT2D eigenvalue weighted by Crippen LogP contribution is 2.25. The van der Waals surface area contributed by atoms with Crippen molar-refractivity contribution in [2.75, 3.05) is 11.9 Å². The first-order valence-electron chi connectivity index (χ1n) is 5.74. The zero-order valence-electron chi connectivity index (χ0n) is 9.63. The van der Waals surface area contributed by atoms with E-state index in [1.807, 2.05) is 42.5 Å². The lowest BCUT2D eigenvalue weighted by molar-refractivity contribution is 0.241. The van der Waals surface area contributed by atoms with Gasteiger partial charge in [0.1, 0.15) is 6.04 Å². The van der Waals surface area contributed by atoms with E-state index in [4.69, 9.17) is 5.26 Å². The molecule has 1 N–H and O–H groups in total. The zero-order chi connectivity index (χ0) is 12.5. The maximum absolute atomic E-state index is 11.9. The highest BCUT2D eigenvalue weighted by molar-refractivity contribution is 6.02. The largest absolute Gasteiger partial charge is 0.323 e. The Morgan fingerprint density at radius 2 is 2.06 bits per heavy atom. The molecule has 1 heterocycles. The van der Waals surface area contributed by atoms with Crippen molar-refractivity contribution in [1.82, 2.24) is 4.90 Å². The lowest BCUT2D eigenvalue weighted by Crippen LogP contribution is -2.20. The Kier molecular flexibility index (Phi) is 2.38. The molecular formula is C14H11N3O. The first kappa shape index (κ1) is 10.6. The second kappa shape index (κ2) is 4.04. The summed E-state index contributed by atoms with van der Waals surface area (Å²) < 4.78 is 0. The van der Waals surface area contributed by atoms with Crippen LogP contribution in [-0.4, -0.2) is 23.5 Å². The van der Waals surface area contributed by atoms with E-state index in [0.717, 1.165) is 16.5 Å². The van der Waals surface area contributed by atoms with E-state index < -0.39 is 0 Å². The van der Waals surface area contributed by atoms with Gasteiger partial charge in [-0.3, -0.25) is 0 Å². The lowest BCUT2D eigenvalue weighted by atomic mass is 10.1. The van der Waals surface area contributed by atoms with Gasteiger partial charge in [0.05, 0.1) is 18.3 Å². The number of hydrogen-bond acceptors (Lipinski definition) is 2. The van der Waals surface area contributed by atoms with Gasteiger partial charge in [-0.15, -0.1) is 0 Å². The van der Waals surface area contributed by atoms with Gasteiger partial charge in [0.2, 0.25) is 0 Å². The Balaban J connectivity index is 1.87. The van der Waals surface area contributed by atoms with Crippen LogP contribution in [0.1, 0.15) is 0 Å². The Bertz CT molecular complexity index is 654. The topological polar surface area (TPSA) is 55.9 Å². The van der Waals surface area contributed by atoms with Crippen molar-refractivity contribution in [1.29, 1.82) is 5.26 Å². The molecule has 0 aromatic heterocycles. The number of nitrogens with zero attached hydrogens (tertiary/aromatic N) is 2. The molecule has 4 nitrogen and oxygen atoms in total. The number of nitriles is 1. The molecule has 2 aromatic carbocycles. The number of hydrogen-bond donors (Lipinski definition) is 1. The van der Waals surface area contributed by atoms with Crippen LogP contribution in [0.3, 0.4) is 0 Å². The van der Waals surface area contributed by atoms with Crippen molar-refractivity contribution in [3.8, 4) is 6.07 Å². The third kappa shape index (κ3) is 1.76. The molecule has 0 spiro atoms. The minimum absolute atomic E-state index is 0.210. The average molecular weight is 237 g/mol. The lowest BCUT2D eigenvalue weighted by Gasteiger charge is -2.09. The van der Waals surface area contributed by atoms with E-state index in [2.05, 4.69) is 11.4 Å². The molecule has 1 aliphatic heterocycles. The summed E-state index contributed by atoms with van der Waals surface area (Å²) in [6.07, 6.45) is 0. The van der Waals surface area contributed by atoms with Gasteiger partial charge in [-0.05, 0) is 11.5 Å². The maximum Gasteiger partial charge on any atom is 0.323 e. The molecule has 1 atom stereocenters. The van der Waals surface area contributed by atoms with Crippen LogP contribution >= 0.6 is 0 Å². The van der Waals surface area contributed by atoms with E-state index in [0.29, 0.717) is 6.54 Å². The van der Waals surface area contributed by atoms with Gasteiger partial charge >= 0.3 is 6.03 Å². The maximum atomic E-state index is 11.9. The SMILES string of the molecule is N#C[C@@H]1CN1C(=O)Nc1cccc2ccccc12. The predicted octanol–water partition coefficient (Wildman–Crippen LogP) is 2.58. The second-order valence-electron chi connectivity index (χ2n) is 4.25. The third-order valence-electron chi connectivity index (χ3n) is 3.05. The van der Waals surface area contributed by atoms with Gasteiger partial charge in [0.25, 0.3) is 0 Å². The highest BCUT2D eigenvalue weighted by Gasteiger charge is 2.38. The number of urea groups is 1. The summed E-state index contributed by atoms with van der Waals surface area (Å²) >= 11 is 0. The Morgan fingerprint density at radius 1 is 1.28 bits per heavy atom. The number of nitrogens with one attached hydrogen (secondary N) is 1. The molecule has 18 heavy (non-hydrogen) atoms. The molecule has 1 fully saturated rings. The molecule has 3 rings (SSSR count).